The highest BCUT2D eigenvalue weighted by atomic mass is 14.9. The largest absolute Gasteiger partial charge is 0.383 e. The van der Waals surface area contributed by atoms with Crippen LogP contribution >= 0.6 is 0 Å². The second kappa shape index (κ2) is 8.62. The Morgan fingerprint density at radius 3 is 2.95 bits per heavy atom. The summed E-state index contributed by atoms with van der Waals surface area (Å²) in [5.41, 5.74) is 3.49. The van der Waals surface area contributed by atoms with Crippen LogP contribution in [0.3, 0.4) is 0 Å². The van der Waals surface area contributed by atoms with Gasteiger partial charge in [-0.2, -0.15) is 0 Å². The van der Waals surface area contributed by atoms with Crippen molar-refractivity contribution in [3.63, 3.8) is 0 Å². The van der Waals surface area contributed by atoms with Gasteiger partial charge in [0.05, 0.1) is 0 Å². The van der Waals surface area contributed by atoms with E-state index < -0.39 is 0 Å². The van der Waals surface area contributed by atoms with Crippen LogP contribution in [-0.4, -0.2) is 11.2 Å². The van der Waals surface area contributed by atoms with Gasteiger partial charge in [0, 0.05) is 49.3 Å². The zero-order valence-electron chi connectivity index (χ0n) is 13.0. The van der Waals surface area contributed by atoms with E-state index in [-0.39, 0.29) is 6.04 Å². The van der Waals surface area contributed by atoms with Gasteiger partial charge in [0.25, 0.3) is 0 Å². The molecule has 4 heteroatoms. The lowest BCUT2D eigenvalue weighted by Crippen LogP contribution is -2.11. The van der Waals surface area contributed by atoms with Gasteiger partial charge in [0.15, 0.2) is 0 Å². The third kappa shape index (κ3) is 5.05. The minimum atomic E-state index is 0.225. The van der Waals surface area contributed by atoms with Crippen LogP contribution in [-0.2, 0) is 6.54 Å². The SMILES string of the molecule is C/C=N\C=C\NC(C)c1cccc(NCc2cccnc2)c1. The summed E-state index contributed by atoms with van der Waals surface area (Å²) in [6, 6.07) is 12.6. The number of aromatic nitrogens is 1. The van der Waals surface area contributed by atoms with E-state index in [0.717, 1.165) is 12.2 Å². The third-order valence-electron chi connectivity index (χ3n) is 3.26. The van der Waals surface area contributed by atoms with Gasteiger partial charge in [-0.25, -0.2) is 0 Å². The summed E-state index contributed by atoms with van der Waals surface area (Å²) in [7, 11) is 0. The zero-order chi connectivity index (χ0) is 15.6. The topological polar surface area (TPSA) is 49.3 Å². The molecule has 0 bridgehead atoms. The van der Waals surface area contributed by atoms with Crippen molar-refractivity contribution >= 4 is 11.9 Å². The Labute approximate surface area is 132 Å². The fourth-order valence-electron chi connectivity index (χ4n) is 2.04. The first-order valence-corrected chi connectivity index (χ1v) is 7.41. The van der Waals surface area contributed by atoms with E-state index in [9.17, 15) is 0 Å². The molecule has 0 fully saturated rings. The molecule has 0 aliphatic rings. The smallest absolute Gasteiger partial charge is 0.0481 e. The molecule has 0 aliphatic carbocycles. The predicted molar refractivity (Wildman–Crippen MR) is 92.9 cm³/mol. The highest BCUT2D eigenvalue weighted by Crippen LogP contribution is 2.18. The van der Waals surface area contributed by atoms with E-state index in [1.54, 1.807) is 18.6 Å². The van der Waals surface area contributed by atoms with Gasteiger partial charge in [-0.1, -0.05) is 18.2 Å². The van der Waals surface area contributed by atoms with Crippen molar-refractivity contribution in [1.29, 1.82) is 0 Å². The molecule has 1 aromatic carbocycles. The Balaban J connectivity index is 1.94. The number of rotatable bonds is 7. The number of hydrogen-bond acceptors (Lipinski definition) is 4. The molecule has 0 spiro atoms. The van der Waals surface area contributed by atoms with Crippen LogP contribution in [0, 0.1) is 0 Å². The maximum absolute atomic E-state index is 4.12. The van der Waals surface area contributed by atoms with E-state index in [0.29, 0.717) is 0 Å². The van der Waals surface area contributed by atoms with Crippen molar-refractivity contribution < 1.29 is 0 Å². The Morgan fingerprint density at radius 1 is 1.27 bits per heavy atom. The molecule has 1 aromatic heterocycles. The van der Waals surface area contributed by atoms with Crippen LogP contribution in [0.4, 0.5) is 5.69 Å². The lowest BCUT2D eigenvalue weighted by molar-refractivity contribution is 0.685. The van der Waals surface area contributed by atoms with E-state index in [1.807, 2.05) is 25.4 Å². The molecule has 22 heavy (non-hydrogen) atoms. The summed E-state index contributed by atoms with van der Waals surface area (Å²) in [6.45, 7) is 4.79. The fourth-order valence-corrected chi connectivity index (χ4v) is 2.04. The van der Waals surface area contributed by atoms with Crippen molar-refractivity contribution in [3.05, 3.63) is 72.3 Å². The number of anilines is 1. The van der Waals surface area contributed by atoms with E-state index in [4.69, 9.17) is 0 Å². The molecule has 114 valence electrons. The summed E-state index contributed by atoms with van der Waals surface area (Å²) < 4.78 is 0. The molecular weight excluding hydrogens is 272 g/mol. The first-order chi connectivity index (χ1) is 10.8. The van der Waals surface area contributed by atoms with Crippen molar-refractivity contribution in [2.24, 2.45) is 4.99 Å². The maximum Gasteiger partial charge on any atom is 0.0481 e. The van der Waals surface area contributed by atoms with Crippen molar-refractivity contribution in [3.8, 4) is 0 Å². The van der Waals surface area contributed by atoms with Crippen LogP contribution in [0.15, 0.2) is 66.2 Å². The van der Waals surface area contributed by atoms with Gasteiger partial charge in [0.1, 0.15) is 0 Å². The lowest BCUT2D eigenvalue weighted by Gasteiger charge is -2.14. The van der Waals surface area contributed by atoms with Crippen molar-refractivity contribution in [2.45, 2.75) is 26.4 Å². The third-order valence-corrected chi connectivity index (χ3v) is 3.26. The van der Waals surface area contributed by atoms with E-state index in [2.05, 4.69) is 57.9 Å². The second-order valence-corrected chi connectivity index (χ2v) is 4.95. The Hall–Kier alpha value is -2.62. The average Bonchev–Trinajstić information content (AvgIpc) is 2.58. The Bertz CT molecular complexity index is 620. The first kappa shape index (κ1) is 15.8. The molecule has 0 saturated carbocycles. The van der Waals surface area contributed by atoms with Crippen LogP contribution in [0.1, 0.15) is 31.0 Å². The van der Waals surface area contributed by atoms with E-state index >= 15 is 0 Å². The Kier molecular flexibility index (Phi) is 6.18. The fraction of sp³-hybridized carbons (Fsp3) is 0.222. The molecule has 1 atom stereocenters. The highest BCUT2D eigenvalue weighted by molar-refractivity contribution is 5.54. The molecule has 4 nitrogen and oxygen atoms in total. The molecule has 0 aliphatic heterocycles. The molecule has 0 saturated heterocycles. The van der Waals surface area contributed by atoms with Crippen molar-refractivity contribution in [1.82, 2.24) is 10.3 Å². The molecule has 2 aromatic rings. The molecule has 2 N–H and O–H groups in total. The lowest BCUT2D eigenvalue weighted by atomic mass is 10.1. The van der Waals surface area contributed by atoms with Gasteiger partial charge >= 0.3 is 0 Å². The summed E-state index contributed by atoms with van der Waals surface area (Å²) in [5, 5.41) is 6.73. The van der Waals surface area contributed by atoms with Gasteiger partial charge in [-0.15, -0.1) is 0 Å². The number of aliphatic imine (C=N–C) groups is 1. The normalized spacial score (nSPS) is 12.6. The monoisotopic (exact) mass is 294 g/mol. The number of benzene rings is 1. The standard InChI is InChI=1S/C18H22N4/c1-3-19-10-11-21-15(2)17-7-4-8-18(12-17)22-14-16-6-5-9-20-13-16/h3-13,15,21-22H,14H2,1-2H3/b11-10+,19-3-. The minimum absolute atomic E-state index is 0.225. The van der Waals surface area contributed by atoms with Gasteiger partial charge < -0.3 is 10.6 Å². The number of pyridine rings is 1. The zero-order valence-corrected chi connectivity index (χ0v) is 13.0. The number of nitrogens with zero attached hydrogens (tertiary/aromatic N) is 2. The van der Waals surface area contributed by atoms with Gasteiger partial charge in [0.2, 0.25) is 0 Å². The maximum atomic E-state index is 4.12. The minimum Gasteiger partial charge on any atom is -0.383 e. The second-order valence-electron chi connectivity index (χ2n) is 4.95. The van der Waals surface area contributed by atoms with Crippen LogP contribution in [0.2, 0.25) is 0 Å². The van der Waals surface area contributed by atoms with Gasteiger partial charge in [-0.3, -0.25) is 9.98 Å². The molecule has 1 unspecified atom stereocenters. The predicted octanol–water partition coefficient (Wildman–Crippen LogP) is 3.91. The number of nitrogens with one attached hydrogen (secondary N) is 2. The Morgan fingerprint density at radius 2 is 2.18 bits per heavy atom. The van der Waals surface area contributed by atoms with Crippen LogP contribution in [0.5, 0.6) is 0 Å². The highest BCUT2D eigenvalue weighted by Gasteiger charge is 2.03. The van der Waals surface area contributed by atoms with Crippen LogP contribution < -0.4 is 10.6 Å². The molecule has 2 rings (SSSR count). The summed E-state index contributed by atoms with van der Waals surface area (Å²) in [4.78, 5) is 8.15. The first-order valence-electron chi connectivity index (χ1n) is 7.41. The summed E-state index contributed by atoms with van der Waals surface area (Å²) >= 11 is 0. The molecule has 0 amide bonds. The van der Waals surface area contributed by atoms with Crippen LogP contribution in [0.25, 0.3) is 0 Å². The van der Waals surface area contributed by atoms with E-state index in [1.165, 1.54) is 11.1 Å². The van der Waals surface area contributed by atoms with Gasteiger partial charge in [-0.05, 0) is 43.2 Å². The van der Waals surface area contributed by atoms with Crippen molar-refractivity contribution in [2.75, 3.05) is 5.32 Å². The quantitative estimate of drug-likeness (QED) is 0.761. The molecular formula is C18H22N4. The number of hydrogen-bond donors (Lipinski definition) is 2. The molecule has 1 heterocycles. The average molecular weight is 294 g/mol. The summed E-state index contributed by atoms with van der Waals surface area (Å²) in [6.07, 6.45) is 9.03. The molecule has 0 radical (unpaired) electrons. The summed E-state index contributed by atoms with van der Waals surface area (Å²) in [5.74, 6) is 0.